The Balaban J connectivity index is 5.52. The number of esters is 2. The van der Waals surface area contributed by atoms with E-state index in [1.165, 1.54) is 0 Å². The lowest BCUT2D eigenvalue weighted by molar-refractivity contribution is -0.139. The van der Waals surface area contributed by atoms with Gasteiger partial charge in [-0.1, -0.05) is 27.0 Å². The Hall–Kier alpha value is -0.832. The molecule has 0 heterocycles. The molecule has 0 saturated carbocycles. The zero-order valence-electron chi connectivity index (χ0n) is 18.8. The summed E-state index contributed by atoms with van der Waals surface area (Å²) in [6.07, 6.45) is 0. The summed E-state index contributed by atoms with van der Waals surface area (Å²) in [4.78, 5) is 23.7. The zero-order valence-corrected chi connectivity index (χ0v) is 22.8. The second-order valence-corrected chi connectivity index (χ2v) is 18.5. The van der Waals surface area contributed by atoms with Crippen LogP contribution in [0.15, 0.2) is 24.3 Å². The molecule has 0 aromatic heterocycles. The van der Waals surface area contributed by atoms with Gasteiger partial charge in [0.25, 0.3) is 0 Å². The van der Waals surface area contributed by atoms with Gasteiger partial charge in [-0.3, -0.25) is 0 Å². The maximum atomic E-state index is 11.8. The highest BCUT2D eigenvalue weighted by molar-refractivity contribution is 6.86. The Bertz CT molecular complexity index is 573. The van der Waals surface area contributed by atoms with Crippen molar-refractivity contribution in [2.24, 2.45) is 0 Å². The molecule has 0 aliphatic heterocycles. The van der Waals surface area contributed by atoms with Gasteiger partial charge in [0, 0.05) is 22.2 Å². The summed E-state index contributed by atoms with van der Waals surface area (Å²) in [5.41, 5.74) is 0.541. The molecule has 29 heavy (non-hydrogen) atoms. The fourth-order valence-electron chi connectivity index (χ4n) is 2.58. The number of ether oxygens (including phenoxy) is 2. The minimum Gasteiger partial charge on any atom is -0.462 e. The lowest BCUT2D eigenvalue weighted by Crippen LogP contribution is -2.56. The third-order valence-electron chi connectivity index (χ3n) is 4.58. The van der Waals surface area contributed by atoms with E-state index in [-0.39, 0.29) is 24.3 Å². The molecule has 0 fully saturated rings. The minimum absolute atomic E-state index is 0.0725. The van der Waals surface area contributed by atoms with Crippen molar-refractivity contribution in [3.05, 3.63) is 24.3 Å². The summed E-state index contributed by atoms with van der Waals surface area (Å²) in [6.45, 7) is 22.6. The highest BCUT2D eigenvalue weighted by Gasteiger charge is 2.47. The van der Waals surface area contributed by atoms with Crippen LogP contribution in [-0.2, 0) is 31.4 Å². The van der Waals surface area contributed by atoms with E-state index in [4.69, 9.17) is 21.8 Å². The van der Waals surface area contributed by atoms with Gasteiger partial charge in [-0.2, -0.15) is 0 Å². The lowest BCUT2D eigenvalue weighted by Gasteiger charge is -2.43. The van der Waals surface area contributed by atoms with Gasteiger partial charge in [-0.15, -0.1) is 0 Å². The number of carbonyl (C=O) groups is 2. The summed E-state index contributed by atoms with van der Waals surface area (Å²) < 4.78 is 28.6. The van der Waals surface area contributed by atoms with Crippen molar-refractivity contribution in [3.8, 4) is 0 Å². The summed E-state index contributed by atoms with van der Waals surface area (Å²) in [7, 11) is -3.65. The first-order valence-corrected chi connectivity index (χ1v) is 17.0. The van der Waals surface area contributed by atoms with Gasteiger partial charge in [-0.05, 0) is 40.0 Å². The molecule has 11 heteroatoms. The van der Waals surface area contributed by atoms with Crippen molar-refractivity contribution in [3.63, 3.8) is 0 Å². The van der Waals surface area contributed by atoms with Crippen LogP contribution in [-0.4, -0.2) is 61.8 Å². The summed E-state index contributed by atoms with van der Waals surface area (Å²) in [5, 5.41) is 0. The molecular weight excluding hydrogens is 441 g/mol. The van der Waals surface area contributed by atoms with Crippen LogP contribution in [0.4, 0.5) is 0 Å². The van der Waals surface area contributed by atoms with Crippen LogP contribution in [0, 0.1) is 0 Å². The van der Waals surface area contributed by atoms with Crippen molar-refractivity contribution in [1.29, 1.82) is 0 Å². The van der Waals surface area contributed by atoms with E-state index in [1.54, 1.807) is 13.8 Å². The zero-order chi connectivity index (χ0) is 23.0. The van der Waals surface area contributed by atoms with E-state index in [0.29, 0.717) is 11.1 Å². The molecule has 0 saturated heterocycles. The Labute approximate surface area is 182 Å². The molecule has 0 aliphatic carbocycles. The quantitative estimate of drug-likeness (QED) is 0.229. The smallest absolute Gasteiger partial charge is 0.360 e. The number of hydrogen-bond donors (Lipinski definition) is 0. The normalized spacial score (nSPS) is 15.9. The molecule has 164 valence electrons. The third-order valence-corrected chi connectivity index (χ3v) is 16.8. The predicted octanol–water partition coefficient (Wildman–Crippen LogP) is 3.53. The highest BCUT2D eigenvalue weighted by Crippen LogP contribution is 2.37. The fraction of sp³-hybridized carbons (Fsp3) is 0.667. The van der Waals surface area contributed by atoms with Gasteiger partial charge in [-0.25, -0.2) is 9.59 Å². The summed E-state index contributed by atoms with van der Waals surface area (Å²) in [5.74, 6) is -0.873. The lowest BCUT2D eigenvalue weighted by atomic mass is 10.4. The fourth-order valence-corrected chi connectivity index (χ4v) is 14.1. The number of hydrogen-bond acceptors (Lipinski definition) is 7. The number of rotatable bonds is 13. The average Bonchev–Trinajstić information content (AvgIpc) is 2.61. The molecular formula is C18H34O7Si4. The standard InChI is InChI=1S/C18H34O7Si4/c1-13(2)17(19)21-11-15(5)29(10,16(6)12-22-18(20)14(3)4)25-28(8,9)24-27(7)23-26/h15-16H,1,3,11-12H2,2,4-10H3. The Morgan fingerprint density at radius 1 is 0.966 bits per heavy atom. The Morgan fingerprint density at radius 2 is 1.34 bits per heavy atom. The van der Waals surface area contributed by atoms with Gasteiger partial charge in [0.15, 0.2) is 8.32 Å². The first-order chi connectivity index (χ1) is 13.2. The second kappa shape index (κ2) is 12.1. The third kappa shape index (κ3) is 9.68. The maximum absolute atomic E-state index is 11.8. The van der Waals surface area contributed by atoms with Crippen LogP contribution in [0.1, 0.15) is 27.7 Å². The minimum atomic E-state index is -2.61. The van der Waals surface area contributed by atoms with Crippen LogP contribution in [0.3, 0.4) is 0 Å². The molecule has 2 atom stereocenters. The van der Waals surface area contributed by atoms with Gasteiger partial charge in [0.05, 0.1) is 13.2 Å². The van der Waals surface area contributed by atoms with E-state index < -0.39 is 38.1 Å². The Morgan fingerprint density at radius 3 is 1.66 bits per heavy atom. The van der Waals surface area contributed by atoms with Gasteiger partial charge in [0.2, 0.25) is 10.5 Å². The van der Waals surface area contributed by atoms with Crippen LogP contribution < -0.4 is 0 Å². The highest BCUT2D eigenvalue weighted by atomic mass is 28.5. The van der Waals surface area contributed by atoms with Crippen molar-refractivity contribution < 1.29 is 31.4 Å². The largest absolute Gasteiger partial charge is 0.462 e. The topological polar surface area (TPSA) is 80.3 Å². The molecule has 0 amide bonds. The first-order valence-electron chi connectivity index (χ1n) is 9.37. The van der Waals surface area contributed by atoms with Gasteiger partial charge < -0.3 is 21.8 Å². The molecule has 0 aromatic carbocycles. The average molecular weight is 475 g/mol. The van der Waals surface area contributed by atoms with Crippen molar-refractivity contribution in [2.75, 3.05) is 13.2 Å². The first kappa shape index (κ1) is 28.2. The Kier molecular flexibility index (Phi) is 11.8. The monoisotopic (exact) mass is 474 g/mol. The van der Waals surface area contributed by atoms with Crippen LogP contribution in [0.25, 0.3) is 0 Å². The van der Waals surface area contributed by atoms with E-state index in [2.05, 4.69) is 30.2 Å². The van der Waals surface area contributed by atoms with E-state index in [1.807, 2.05) is 33.5 Å². The molecule has 0 spiro atoms. The van der Waals surface area contributed by atoms with Crippen molar-refractivity contribution >= 4 is 48.6 Å². The van der Waals surface area contributed by atoms with E-state index in [0.717, 1.165) is 0 Å². The molecule has 0 rings (SSSR count). The van der Waals surface area contributed by atoms with Crippen LogP contribution >= 0.6 is 0 Å². The molecule has 0 bridgehead atoms. The number of carbonyl (C=O) groups excluding carboxylic acids is 2. The maximum Gasteiger partial charge on any atom is 0.360 e. The van der Waals surface area contributed by atoms with Gasteiger partial charge >= 0.3 is 29.8 Å². The van der Waals surface area contributed by atoms with Gasteiger partial charge in [0.1, 0.15) is 0 Å². The van der Waals surface area contributed by atoms with Crippen LogP contribution in [0.5, 0.6) is 0 Å². The molecule has 2 unspecified atom stereocenters. The molecule has 0 aliphatic rings. The molecule has 0 aromatic rings. The van der Waals surface area contributed by atoms with Crippen molar-refractivity contribution in [2.45, 2.75) is 65.0 Å². The SMILES string of the molecule is C=C(C)C(=O)OCC(C)[Si](C)(O[Si](C)(C)O[Si](C)O[Si])C(C)COC(=O)C(=C)C. The molecule has 0 N–H and O–H groups in total. The van der Waals surface area contributed by atoms with Crippen LogP contribution in [0.2, 0.25) is 37.3 Å². The molecule has 7 nitrogen and oxygen atoms in total. The predicted molar refractivity (Wildman–Crippen MR) is 120 cm³/mol. The second-order valence-electron chi connectivity index (χ2n) is 7.94. The summed E-state index contributed by atoms with van der Waals surface area (Å²) in [6, 6.07) is 0. The van der Waals surface area contributed by atoms with E-state index in [9.17, 15) is 9.59 Å². The van der Waals surface area contributed by atoms with Crippen molar-refractivity contribution in [1.82, 2.24) is 0 Å². The van der Waals surface area contributed by atoms with E-state index >= 15 is 0 Å². The summed E-state index contributed by atoms with van der Waals surface area (Å²) >= 11 is 0. The molecule has 4 radical (unpaired) electrons.